The van der Waals surface area contributed by atoms with E-state index in [0.717, 1.165) is 19.6 Å². The summed E-state index contributed by atoms with van der Waals surface area (Å²) in [5.74, 6) is 0.106. The molecule has 0 aliphatic carbocycles. The SMILES string of the molecule is CC1NCCN(C(=O)C2CC(=O)N(CCN(C)C)C2)C1C. The van der Waals surface area contributed by atoms with E-state index in [4.69, 9.17) is 0 Å². The molecule has 0 radical (unpaired) electrons. The van der Waals surface area contributed by atoms with Gasteiger partial charge in [-0.1, -0.05) is 0 Å². The van der Waals surface area contributed by atoms with Crippen molar-refractivity contribution in [3.05, 3.63) is 0 Å². The predicted octanol–water partition coefficient (Wildman–Crippen LogP) is -0.395. The Balaban J connectivity index is 1.93. The lowest BCUT2D eigenvalue weighted by molar-refractivity contribution is -0.139. The van der Waals surface area contributed by atoms with Crippen LogP contribution in [0.2, 0.25) is 0 Å². The average molecular weight is 296 g/mol. The fraction of sp³-hybridized carbons (Fsp3) is 0.867. The molecule has 120 valence electrons. The molecule has 2 fully saturated rings. The van der Waals surface area contributed by atoms with E-state index < -0.39 is 0 Å². The number of hydrogen-bond donors (Lipinski definition) is 1. The molecule has 0 aromatic carbocycles. The molecular formula is C15H28N4O2. The van der Waals surface area contributed by atoms with Gasteiger partial charge in [0.25, 0.3) is 0 Å². The Kier molecular flexibility index (Phi) is 5.22. The zero-order valence-corrected chi connectivity index (χ0v) is 13.6. The fourth-order valence-electron chi connectivity index (χ4n) is 3.08. The Hall–Kier alpha value is -1.14. The van der Waals surface area contributed by atoms with Crippen LogP contribution in [-0.4, -0.2) is 85.4 Å². The van der Waals surface area contributed by atoms with Gasteiger partial charge in [0, 0.05) is 51.2 Å². The second-order valence-corrected chi connectivity index (χ2v) is 6.56. The van der Waals surface area contributed by atoms with Gasteiger partial charge in [-0.3, -0.25) is 9.59 Å². The van der Waals surface area contributed by atoms with Gasteiger partial charge in [-0.25, -0.2) is 0 Å². The van der Waals surface area contributed by atoms with E-state index in [1.54, 1.807) is 0 Å². The highest BCUT2D eigenvalue weighted by atomic mass is 16.2. The number of likely N-dealkylation sites (tertiary alicyclic amines) is 1. The summed E-state index contributed by atoms with van der Waals surface area (Å²) in [5, 5.41) is 3.38. The van der Waals surface area contributed by atoms with E-state index in [2.05, 4.69) is 24.1 Å². The molecule has 2 aliphatic heterocycles. The maximum atomic E-state index is 12.7. The third-order valence-corrected chi connectivity index (χ3v) is 4.70. The lowest BCUT2D eigenvalue weighted by atomic mass is 10.0. The zero-order chi connectivity index (χ0) is 15.6. The lowest BCUT2D eigenvalue weighted by Gasteiger charge is -2.39. The second kappa shape index (κ2) is 6.75. The van der Waals surface area contributed by atoms with E-state index in [-0.39, 0.29) is 23.8 Å². The highest BCUT2D eigenvalue weighted by molar-refractivity contribution is 5.89. The number of carbonyl (C=O) groups excluding carboxylic acids is 2. The minimum absolute atomic E-state index is 0.117. The summed E-state index contributed by atoms with van der Waals surface area (Å²) >= 11 is 0. The van der Waals surface area contributed by atoms with E-state index in [1.165, 1.54) is 0 Å². The maximum absolute atomic E-state index is 12.7. The lowest BCUT2D eigenvalue weighted by Crippen LogP contribution is -2.58. The maximum Gasteiger partial charge on any atom is 0.228 e. The van der Waals surface area contributed by atoms with Gasteiger partial charge in [-0.2, -0.15) is 0 Å². The Bertz CT molecular complexity index is 399. The van der Waals surface area contributed by atoms with Crippen molar-refractivity contribution >= 4 is 11.8 Å². The van der Waals surface area contributed by atoms with Crippen LogP contribution in [-0.2, 0) is 9.59 Å². The van der Waals surface area contributed by atoms with Gasteiger partial charge in [-0.05, 0) is 27.9 Å². The molecule has 2 saturated heterocycles. The number of nitrogens with one attached hydrogen (secondary N) is 1. The highest BCUT2D eigenvalue weighted by Gasteiger charge is 2.39. The molecule has 3 atom stereocenters. The number of hydrogen-bond acceptors (Lipinski definition) is 4. The molecule has 0 saturated carbocycles. The first-order valence-electron chi connectivity index (χ1n) is 7.86. The number of carbonyl (C=O) groups is 2. The molecule has 2 aliphatic rings. The van der Waals surface area contributed by atoms with Gasteiger partial charge in [-0.15, -0.1) is 0 Å². The standard InChI is InChI=1S/C15H28N4O2/c1-11-12(2)19(6-5-16-11)15(21)13-9-14(20)18(10-13)8-7-17(3)4/h11-13,16H,5-10H2,1-4H3. The normalized spacial score (nSPS) is 30.3. The molecule has 0 aromatic heterocycles. The third kappa shape index (κ3) is 3.74. The van der Waals surface area contributed by atoms with E-state index in [9.17, 15) is 9.59 Å². The topological polar surface area (TPSA) is 55.9 Å². The van der Waals surface area contributed by atoms with Gasteiger partial charge >= 0.3 is 0 Å². The molecule has 2 amide bonds. The predicted molar refractivity (Wildman–Crippen MR) is 81.9 cm³/mol. The number of piperazine rings is 1. The molecule has 0 aromatic rings. The van der Waals surface area contributed by atoms with Crippen molar-refractivity contribution in [1.82, 2.24) is 20.0 Å². The first kappa shape index (κ1) is 16.2. The Morgan fingerprint density at radius 2 is 2.10 bits per heavy atom. The summed E-state index contributed by atoms with van der Waals surface area (Å²) < 4.78 is 0. The van der Waals surface area contributed by atoms with E-state index >= 15 is 0 Å². The molecule has 3 unspecified atom stereocenters. The quantitative estimate of drug-likeness (QED) is 0.767. The molecule has 2 heterocycles. The minimum atomic E-state index is -0.160. The van der Waals surface area contributed by atoms with Crippen molar-refractivity contribution in [3.63, 3.8) is 0 Å². The molecule has 6 heteroatoms. The van der Waals surface area contributed by atoms with Crippen LogP contribution in [0.4, 0.5) is 0 Å². The van der Waals surface area contributed by atoms with Crippen LogP contribution in [0.1, 0.15) is 20.3 Å². The van der Waals surface area contributed by atoms with Crippen LogP contribution in [0.25, 0.3) is 0 Å². The smallest absolute Gasteiger partial charge is 0.228 e. The second-order valence-electron chi connectivity index (χ2n) is 6.56. The first-order valence-corrected chi connectivity index (χ1v) is 7.86. The molecule has 21 heavy (non-hydrogen) atoms. The van der Waals surface area contributed by atoms with Crippen LogP contribution in [0.15, 0.2) is 0 Å². The zero-order valence-electron chi connectivity index (χ0n) is 13.6. The van der Waals surface area contributed by atoms with Crippen LogP contribution in [0.3, 0.4) is 0 Å². The Morgan fingerprint density at radius 1 is 1.38 bits per heavy atom. The van der Waals surface area contributed by atoms with Gasteiger partial charge in [0.15, 0.2) is 0 Å². The highest BCUT2D eigenvalue weighted by Crippen LogP contribution is 2.22. The van der Waals surface area contributed by atoms with Crippen LogP contribution >= 0.6 is 0 Å². The van der Waals surface area contributed by atoms with Crippen LogP contribution < -0.4 is 5.32 Å². The summed E-state index contributed by atoms with van der Waals surface area (Å²) in [7, 11) is 3.99. The van der Waals surface area contributed by atoms with Crippen molar-refractivity contribution in [1.29, 1.82) is 0 Å². The van der Waals surface area contributed by atoms with Crippen molar-refractivity contribution in [2.45, 2.75) is 32.4 Å². The van der Waals surface area contributed by atoms with Gasteiger partial charge in [0.1, 0.15) is 0 Å². The number of rotatable bonds is 4. The van der Waals surface area contributed by atoms with E-state index in [1.807, 2.05) is 23.9 Å². The molecule has 1 N–H and O–H groups in total. The average Bonchev–Trinajstić information content (AvgIpc) is 2.80. The summed E-state index contributed by atoms with van der Waals surface area (Å²) in [5.41, 5.74) is 0. The van der Waals surface area contributed by atoms with Crippen LogP contribution in [0.5, 0.6) is 0 Å². The molecule has 2 rings (SSSR count). The van der Waals surface area contributed by atoms with Gasteiger partial charge in [0.05, 0.1) is 5.92 Å². The summed E-state index contributed by atoms with van der Waals surface area (Å²) in [6, 6.07) is 0.502. The fourth-order valence-corrected chi connectivity index (χ4v) is 3.08. The number of amides is 2. The summed E-state index contributed by atoms with van der Waals surface area (Å²) in [6.07, 6.45) is 0.372. The molecular weight excluding hydrogens is 268 g/mol. The van der Waals surface area contributed by atoms with Crippen molar-refractivity contribution in [2.24, 2.45) is 5.92 Å². The summed E-state index contributed by atoms with van der Waals surface area (Å²) in [6.45, 7) is 7.89. The Morgan fingerprint density at radius 3 is 2.76 bits per heavy atom. The van der Waals surface area contributed by atoms with Crippen LogP contribution in [0, 0.1) is 5.92 Å². The largest absolute Gasteiger partial charge is 0.341 e. The van der Waals surface area contributed by atoms with Gasteiger partial charge in [0.2, 0.25) is 11.8 Å². The number of likely N-dealkylation sites (N-methyl/N-ethyl adjacent to an activating group) is 1. The molecule has 6 nitrogen and oxygen atoms in total. The summed E-state index contributed by atoms with van der Waals surface area (Å²) in [4.78, 5) is 30.6. The molecule has 0 spiro atoms. The Labute approximate surface area is 127 Å². The monoisotopic (exact) mass is 296 g/mol. The number of nitrogens with zero attached hydrogens (tertiary/aromatic N) is 3. The van der Waals surface area contributed by atoms with Crippen molar-refractivity contribution in [3.8, 4) is 0 Å². The molecule has 0 bridgehead atoms. The third-order valence-electron chi connectivity index (χ3n) is 4.70. The van der Waals surface area contributed by atoms with Crippen molar-refractivity contribution in [2.75, 3.05) is 46.8 Å². The van der Waals surface area contributed by atoms with Gasteiger partial charge < -0.3 is 20.0 Å². The minimum Gasteiger partial charge on any atom is -0.341 e. The first-order chi connectivity index (χ1) is 9.90. The van der Waals surface area contributed by atoms with Crippen molar-refractivity contribution < 1.29 is 9.59 Å². The van der Waals surface area contributed by atoms with E-state index in [0.29, 0.717) is 25.6 Å².